The van der Waals surface area contributed by atoms with Crippen LogP contribution in [0.2, 0.25) is 0 Å². The van der Waals surface area contributed by atoms with E-state index in [1.54, 1.807) is 12.4 Å². The van der Waals surface area contributed by atoms with Crippen molar-refractivity contribution in [3.63, 3.8) is 0 Å². The van der Waals surface area contributed by atoms with E-state index in [9.17, 15) is 4.79 Å². The van der Waals surface area contributed by atoms with Crippen molar-refractivity contribution in [2.45, 2.75) is 34.6 Å². The molecule has 0 saturated heterocycles. The van der Waals surface area contributed by atoms with E-state index in [-0.39, 0.29) is 5.91 Å². The van der Waals surface area contributed by atoms with Gasteiger partial charge in [-0.1, -0.05) is 13.8 Å². The third kappa shape index (κ3) is 5.22. The Hall–Kier alpha value is -2.56. The van der Waals surface area contributed by atoms with Gasteiger partial charge in [0.15, 0.2) is 0 Å². The number of carbonyl (C=O) groups excluding carboxylic acids is 1. The third-order valence-electron chi connectivity index (χ3n) is 4.30. The van der Waals surface area contributed by atoms with Crippen LogP contribution < -0.4 is 15.5 Å². The molecular weight excluding hydrogens is 324 g/mol. The number of rotatable bonds is 8. The normalized spacial score (nSPS) is 10.7. The van der Waals surface area contributed by atoms with Crippen molar-refractivity contribution in [1.29, 1.82) is 0 Å². The predicted octanol–water partition coefficient (Wildman–Crippen LogP) is 4.56. The van der Waals surface area contributed by atoms with Crippen LogP contribution in [0.25, 0.3) is 0 Å². The topological polar surface area (TPSA) is 57.3 Å². The Morgan fingerprint density at radius 2 is 1.88 bits per heavy atom. The van der Waals surface area contributed by atoms with Gasteiger partial charge in [0.1, 0.15) is 0 Å². The molecule has 2 aromatic rings. The minimum Gasteiger partial charge on any atom is -0.384 e. The highest BCUT2D eigenvalue weighted by atomic mass is 16.1. The molecular formula is C21H30N4O. The maximum Gasteiger partial charge on any atom is 0.257 e. The van der Waals surface area contributed by atoms with Crippen LogP contribution in [0.3, 0.4) is 0 Å². The molecule has 5 nitrogen and oxygen atoms in total. The molecule has 0 fully saturated rings. The van der Waals surface area contributed by atoms with E-state index in [1.165, 1.54) is 5.69 Å². The summed E-state index contributed by atoms with van der Waals surface area (Å²) in [5, 5.41) is 6.29. The number of anilines is 3. The second kappa shape index (κ2) is 9.22. The molecule has 0 saturated carbocycles. The summed E-state index contributed by atoms with van der Waals surface area (Å²) in [6, 6.07) is 7.97. The summed E-state index contributed by atoms with van der Waals surface area (Å²) in [7, 11) is 0. The van der Waals surface area contributed by atoms with E-state index < -0.39 is 0 Å². The summed E-state index contributed by atoms with van der Waals surface area (Å²) < 4.78 is 0. The number of aromatic nitrogens is 1. The number of carbonyl (C=O) groups is 1. The van der Waals surface area contributed by atoms with Gasteiger partial charge in [-0.2, -0.15) is 0 Å². The van der Waals surface area contributed by atoms with Gasteiger partial charge in [0.2, 0.25) is 0 Å². The molecule has 1 heterocycles. The second-order valence-corrected chi connectivity index (χ2v) is 6.86. The van der Waals surface area contributed by atoms with Crippen LogP contribution in [0.4, 0.5) is 17.1 Å². The van der Waals surface area contributed by atoms with Crippen molar-refractivity contribution >= 4 is 23.0 Å². The molecule has 2 rings (SSSR count). The van der Waals surface area contributed by atoms with Crippen LogP contribution in [0.15, 0.2) is 36.7 Å². The Morgan fingerprint density at radius 1 is 1.15 bits per heavy atom. The first-order chi connectivity index (χ1) is 12.4. The number of amides is 1. The molecule has 2 N–H and O–H groups in total. The summed E-state index contributed by atoms with van der Waals surface area (Å²) in [4.78, 5) is 19.1. The van der Waals surface area contributed by atoms with Crippen LogP contribution in [-0.2, 0) is 0 Å². The molecule has 0 spiro atoms. The summed E-state index contributed by atoms with van der Waals surface area (Å²) >= 11 is 0. The number of hydrogen-bond donors (Lipinski definition) is 2. The van der Waals surface area contributed by atoms with E-state index in [0.29, 0.717) is 11.5 Å². The molecule has 1 aromatic carbocycles. The Kier molecular flexibility index (Phi) is 7.01. The molecule has 0 atom stereocenters. The second-order valence-electron chi connectivity index (χ2n) is 6.86. The van der Waals surface area contributed by atoms with Crippen LogP contribution in [0.5, 0.6) is 0 Å². The third-order valence-corrected chi connectivity index (χ3v) is 4.30. The van der Waals surface area contributed by atoms with E-state index in [4.69, 9.17) is 0 Å². The van der Waals surface area contributed by atoms with Gasteiger partial charge in [-0.05, 0) is 56.5 Å². The predicted molar refractivity (Wildman–Crippen MR) is 110 cm³/mol. The van der Waals surface area contributed by atoms with Gasteiger partial charge in [0.25, 0.3) is 5.91 Å². The summed E-state index contributed by atoms with van der Waals surface area (Å²) in [6.45, 7) is 13.3. The fourth-order valence-electron chi connectivity index (χ4n) is 2.75. The zero-order valence-electron chi connectivity index (χ0n) is 16.5. The highest BCUT2D eigenvalue weighted by molar-refractivity contribution is 6.05. The molecule has 0 radical (unpaired) electrons. The Balaban J connectivity index is 2.11. The van der Waals surface area contributed by atoms with Gasteiger partial charge in [-0.3, -0.25) is 9.78 Å². The molecule has 0 aliphatic carbocycles. The van der Waals surface area contributed by atoms with Crippen molar-refractivity contribution in [3.8, 4) is 0 Å². The van der Waals surface area contributed by atoms with Crippen molar-refractivity contribution in [2.75, 3.05) is 35.2 Å². The molecule has 1 amide bonds. The Morgan fingerprint density at radius 3 is 2.50 bits per heavy atom. The fraction of sp³-hybridized carbons (Fsp3) is 0.429. The van der Waals surface area contributed by atoms with Gasteiger partial charge < -0.3 is 15.5 Å². The SMILES string of the molecule is CCN(CC)c1ccc(NC(=O)c2cncc(NCC(C)C)c2)c(C)c1. The quantitative estimate of drug-likeness (QED) is 0.730. The zero-order chi connectivity index (χ0) is 19.1. The van der Waals surface area contributed by atoms with E-state index in [2.05, 4.69) is 60.3 Å². The highest BCUT2D eigenvalue weighted by Crippen LogP contribution is 2.23. The fourth-order valence-corrected chi connectivity index (χ4v) is 2.75. The molecule has 0 aliphatic rings. The Bertz CT molecular complexity index is 739. The van der Waals surface area contributed by atoms with Crippen LogP contribution in [0, 0.1) is 12.8 Å². The van der Waals surface area contributed by atoms with Crippen molar-refractivity contribution in [1.82, 2.24) is 4.98 Å². The van der Waals surface area contributed by atoms with Gasteiger partial charge in [-0.25, -0.2) is 0 Å². The number of hydrogen-bond acceptors (Lipinski definition) is 4. The Labute approximate surface area is 156 Å². The number of benzene rings is 1. The van der Waals surface area contributed by atoms with Gasteiger partial charge in [0.05, 0.1) is 11.3 Å². The van der Waals surface area contributed by atoms with Gasteiger partial charge >= 0.3 is 0 Å². The maximum absolute atomic E-state index is 12.6. The number of aryl methyl sites for hydroxylation is 1. The molecule has 0 bridgehead atoms. The first kappa shape index (κ1) is 19.8. The van der Waals surface area contributed by atoms with Crippen LogP contribution >= 0.6 is 0 Å². The average Bonchev–Trinajstić information content (AvgIpc) is 2.63. The minimum absolute atomic E-state index is 0.149. The van der Waals surface area contributed by atoms with E-state index >= 15 is 0 Å². The molecule has 0 unspecified atom stereocenters. The van der Waals surface area contributed by atoms with Gasteiger partial charge in [0, 0.05) is 43.4 Å². The van der Waals surface area contributed by atoms with Crippen molar-refractivity contribution in [2.24, 2.45) is 5.92 Å². The van der Waals surface area contributed by atoms with Crippen LogP contribution in [0.1, 0.15) is 43.6 Å². The largest absolute Gasteiger partial charge is 0.384 e. The first-order valence-electron chi connectivity index (χ1n) is 9.30. The lowest BCUT2D eigenvalue weighted by molar-refractivity contribution is 0.102. The maximum atomic E-state index is 12.6. The molecule has 5 heteroatoms. The lowest BCUT2D eigenvalue weighted by Gasteiger charge is -2.22. The lowest BCUT2D eigenvalue weighted by Crippen LogP contribution is -2.22. The minimum atomic E-state index is -0.149. The standard InChI is InChI=1S/C21H30N4O/c1-6-25(7-2)19-8-9-20(16(5)10-19)24-21(26)17-11-18(14-22-13-17)23-12-15(3)4/h8-11,13-15,23H,6-7,12H2,1-5H3,(H,24,26). The first-order valence-corrected chi connectivity index (χ1v) is 9.30. The average molecular weight is 354 g/mol. The number of nitrogens with zero attached hydrogens (tertiary/aromatic N) is 2. The number of nitrogens with one attached hydrogen (secondary N) is 2. The van der Waals surface area contributed by atoms with Crippen LogP contribution in [-0.4, -0.2) is 30.5 Å². The van der Waals surface area contributed by atoms with Gasteiger partial charge in [-0.15, -0.1) is 0 Å². The number of pyridine rings is 1. The molecule has 1 aromatic heterocycles. The molecule has 0 aliphatic heterocycles. The van der Waals surface area contributed by atoms with Crippen molar-refractivity contribution in [3.05, 3.63) is 47.8 Å². The summed E-state index contributed by atoms with van der Waals surface area (Å²) in [5.74, 6) is 0.379. The summed E-state index contributed by atoms with van der Waals surface area (Å²) in [6.07, 6.45) is 3.33. The highest BCUT2D eigenvalue weighted by Gasteiger charge is 2.11. The van der Waals surface area contributed by atoms with E-state index in [1.807, 2.05) is 19.1 Å². The zero-order valence-corrected chi connectivity index (χ0v) is 16.5. The molecule has 140 valence electrons. The molecule has 26 heavy (non-hydrogen) atoms. The summed E-state index contributed by atoms with van der Waals surface area (Å²) in [5.41, 5.74) is 4.45. The smallest absolute Gasteiger partial charge is 0.257 e. The lowest BCUT2D eigenvalue weighted by atomic mass is 10.1. The van der Waals surface area contributed by atoms with E-state index in [0.717, 1.165) is 36.6 Å². The van der Waals surface area contributed by atoms with Crippen molar-refractivity contribution < 1.29 is 4.79 Å². The monoisotopic (exact) mass is 354 g/mol.